The fraction of sp³-hybridized carbons (Fsp3) is 0.733. The van der Waals surface area contributed by atoms with E-state index in [0.717, 1.165) is 25.7 Å². The van der Waals surface area contributed by atoms with Crippen molar-refractivity contribution in [2.75, 3.05) is 6.54 Å². The summed E-state index contributed by atoms with van der Waals surface area (Å²) in [6.45, 7) is 0.237. The molecule has 0 aromatic heterocycles. The lowest BCUT2D eigenvalue weighted by molar-refractivity contribution is -0.149. The van der Waals surface area contributed by atoms with E-state index in [1.54, 1.807) is 0 Å². The van der Waals surface area contributed by atoms with Gasteiger partial charge in [0.05, 0.1) is 11.3 Å². The van der Waals surface area contributed by atoms with Crippen molar-refractivity contribution < 1.29 is 14.7 Å². The molecule has 1 saturated carbocycles. The molecule has 2 atom stereocenters. The van der Waals surface area contributed by atoms with Gasteiger partial charge in [0.25, 0.3) is 0 Å². The molecule has 1 amide bonds. The van der Waals surface area contributed by atoms with Gasteiger partial charge in [0.1, 0.15) is 0 Å². The number of nitrogens with one attached hydrogen (secondary N) is 1. The Balaban J connectivity index is 1.93. The van der Waals surface area contributed by atoms with Crippen molar-refractivity contribution in [2.45, 2.75) is 51.0 Å². The molecule has 0 bridgehead atoms. The highest BCUT2D eigenvalue weighted by molar-refractivity contribution is 5.82. The number of amides is 1. The average molecular weight is 280 g/mol. The van der Waals surface area contributed by atoms with E-state index in [-0.39, 0.29) is 24.4 Å². The quantitative estimate of drug-likeness (QED) is 0.536. The number of carbonyl (C=O) groups is 2. The van der Waals surface area contributed by atoms with E-state index in [0.29, 0.717) is 19.3 Å². The van der Waals surface area contributed by atoms with Gasteiger partial charge in [0, 0.05) is 12.6 Å². The number of carboxylic acids is 1. The van der Waals surface area contributed by atoms with Gasteiger partial charge in [-0.2, -0.15) is 0 Å². The van der Waals surface area contributed by atoms with Crippen LogP contribution in [0.2, 0.25) is 0 Å². The first-order chi connectivity index (χ1) is 9.53. The molecule has 112 valence electrons. The minimum Gasteiger partial charge on any atom is -0.481 e. The Morgan fingerprint density at radius 1 is 1.20 bits per heavy atom. The number of rotatable bonds is 4. The molecule has 5 heteroatoms. The number of carbonyl (C=O) groups excluding carboxylic acids is 1. The van der Waals surface area contributed by atoms with Crippen LogP contribution in [0.4, 0.5) is 0 Å². The van der Waals surface area contributed by atoms with E-state index in [1.165, 1.54) is 0 Å². The molecule has 20 heavy (non-hydrogen) atoms. The SMILES string of the molecule is NC1C=CC(C(=O)NCC2(C(=O)O)CCCCCC2)C1. The van der Waals surface area contributed by atoms with E-state index in [2.05, 4.69) is 5.32 Å². The van der Waals surface area contributed by atoms with E-state index < -0.39 is 11.4 Å². The predicted molar refractivity (Wildman–Crippen MR) is 76.0 cm³/mol. The smallest absolute Gasteiger partial charge is 0.311 e. The van der Waals surface area contributed by atoms with Crippen molar-refractivity contribution in [3.63, 3.8) is 0 Å². The number of carboxylic acid groups (broad SMARTS) is 1. The van der Waals surface area contributed by atoms with E-state index in [4.69, 9.17) is 5.73 Å². The third kappa shape index (κ3) is 3.39. The largest absolute Gasteiger partial charge is 0.481 e. The molecule has 0 aliphatic heterocycles. The first-order valence-corrected chi connectivity index (χ1v) is 7.48. The minimum absolute atomic E-state index is 0.0583. The van der Waals surface area contributed by atoms with Crippen molar-refractivity contribution in [3.8, 4) is 0 Å². The normalized spacial score (nSPS) is 28.9. The standard InChI is InChI=1S/C15H24N2O3/c16-12-6-5-11(9-12)13(18)17-10-15(14(19)20)7-3-1-2-4-8-15/h5-6,11-12H,1-4,7-10,16H2,(H,17,18)(H,19,20). The van der Waals surface area contributed by atoms with Crippen LogP contribution in [0.15, 0.2) is 12.2 Å². The fourth-order valence-electron chi connectivity index (χ4n) is 3.18. The van der Waals surface area contributed by atoms with Crippen LogP contribution in [-0.4, -0.2) is 29.6 Å². The predicted octanol–water partition coefficient (Wildman–Crippen LogP) is 1.43. The summed E-state index contributed by atoms with van der Waals surface area (Å²) in [5, 5.41) is 12.4. The third-order valence-corrected chi connectivity index (χ3v) is 4.57. The zero-order valence-electron chi connectivity index (χ0n) is 11.8. The van der Waals surface area contributed by atoms with Crippen molar-refractivity contribution in [3.05, 3.63) is 12.2 Å². The summed E-state index contributed by atoms with van der Waals surface area (Å²) in [5.74, 6) is -1.08. The average Bonchev–Trinajstić information content (AvgIpc) is 2.71. The van der Waals surface area contributed by atoms with Gasteiger partial charge in [-0.25, -0.2) is 0 Å². The van der Waals surface area contributed by atoms with Crippen molar-refractivity contribution >= 4 is 11.9 Å². The van der Waals surface area contributed by atoms with Gasteiger partial charge in [0.15, 0.2) is 0 Å². The second kappa shape index (κ2) is 6.39. The summed E-state index contributed by atoms with van der Waals surface area (Å²) in [5.41, 5.74) is 4.95. The van der Waals surface area contributed by atoms with Gasteiger partial charge >= 0.3 is 5.97 Å². The molecule has 2 aliphatic carbocycles. The number of hydrogen-bond donors (Lipinski definition) is 3. The van der Waals surface area contributed by atoms with E-state index >= 15 is 0 Å². The van der Waals surface area contributed by atoms with Crippen LogP contribution in [0.5, 0.6) is 0 Å². The highest BCUT2D eigenvalue weighted by atomic mass is 16.4. The molecule has 2 rings (SSSR count). The molecular weight excluding hydrogens is 256 g/mol. The summed E-state index contributed by atoms with van der Waals surface area (Å²) < 4.78 is 0. The van der Waals surface area contributed by atoms with Crippen LogP contribution in [0, 0.1) is 11.3 Å². The van der Waals surface area contributed by atoms with Gasteiger partial charge < -0.3 is 16.2 Å². The van der Waals surface area contributed by atoms with Crippen molar-refractivity contribution in [2.24, 2.45) is 17.1 Å². The molecule has 5 nitrogen and oxygen atoms in total. The molecule has 0 aromatic carbocycles. The zero-order valence-corrected chi connectivity index (χ0v) is 11.8. The Bertz CT molecular complexity index is 398. The van der Waals surface area contributed by atoms with Gasteiger partial charge in [0.2, 0.25) is 5.91 Å². The summed E-state index contributed by atoms with van der Waals surface area (Å²) >= 11 is 0. The summed E-state index contributed by atoms with van der Waals surface area (Å²) in [6.07, 6.45) is 9.61. The van der Waals surface area contributed by atoms with Crippen LogP contribution >= 0.6 is 0 Å². The molecule has 0 heterocycles. The van der Waals surface area contributed by atoms with Crippen LogP contribution in [0.1, 0.15) is 44.9 Å². The third-order valence-electron chi connectivity index (χ3n) is 4.57. The molecule has 1 fully saturated rings. The maximum atomic E-state index is 12.1. The summed E-state index contributed by atoms with van der Waals surface area (Å²) in [7, 11) is 0. The zero-order chi connectivity index (χ0) is 14.6. The van der Waals surface area contributed by atoms with Gasteiger partial charge in [-0.15, -0.1) is 0 Å². The van der Waals surface area contributed by atoms with Gasteiger partial charge in [-0.1, -0.05) is 37.8 Å². The highest BCUT2D eigenvalue weighted by Crippen LogP contribution is 2.35. The molecule has 4 N–H and O–H groups in total. The minimum atomic E-state index is -0.781. The molecule has 2 unspecified atom stereocenters. The monoisotopic (exact) mass is 280 g/mol. The van der Waals surface area contributed by atoms with Crippen molar-refractivity contribution in [1.82, 2.24) is 5.32 Å². The molecule has 0 spiro atoms. The molecule has 0 radical (unpaired) electrons. The lowest BCUT2D eigenvalue weighted by atomic mass is 9.80. The Kier molecular flexibility index (Phi) is 4.81. The Hall–Kier alpha value is -1.36. The Morgan fingerprint density at radius 3 is 2.35 bits per heavy atom. The topological polar surface area (TPSA) is 92.4 Å². The van der Waals surface area contributed by atoms with Crippen LogP contribution in [-0.2, 0) is 9.59 Å². The maximum absolute atomic E-state index is 12.1. The van der Waals surface area contributed by atoms with E-state index in [1.807, 2.05) is 12.2 Å². The number of aliphatic carboxylic acids is 1. The first-order valence-electron chi connectivity index (χ1n) is 7.48. The lowest BCUT2D eigenvalue weighted by Gasteiger charge is -2.28. The van der Waals surface area contributed by atoms with Gasteiger partial charge in [-0.05, 0) is 19.3 Å². The summed E-state index contributed by atoms with van der Waals surface area (Å²) in [4.78, 5) is 23.7. The first kappa shape index (κ1) is 15.0. The van der Waals surface area contributed by atoms with Crippen molar-refractivity contribution in [1.29, 1.82) is 0 Å². The van der Waals surface area contributed by atoms with Crippen LogP contribution in [0.3, 0.4) is 0 Å². The molecular formula is C15H24N2O3. The lowest BCUT2D eigenvalue weighted by Crippen LogP contribution is -2.44. The summed E-state index contributed by atoms with van der Waals surface area (Å²) in [6, 6.07) is -0.0583. The van der Waals surface area contributed by atoms with E-state index in [9.17, 15) is 14.7 Å². The molecule has 0 saturated heterocycles. The molecule has 2 aliphatic rings. The van der Waals surface area contributed by atoms with Gasteiger partial charge in [-0.3, -0.25) is 9.59 Å². The molecule has 0 aromatic rings. The Morgan fingerprint density at radius 2 is 1.85 bits per heavy atom. The second-order valence-corrected chi connectivity index (χ2v) is 6.11. The second-order valence-electron chi connectivity index (χ2n) is 6.11. The number of hydrogen-bond acceptors (Lipinski definition) is 3. The number of nitrogens with two attached hydrogens (primary N) is 1. The van der Waals surface area contributed by atoms with Crippen LogP contribution in [0.25, 0.3) is 0 Å². The Labute approximate surface area is 119 Å². The van der Waals surface area contributed by atoms with Crippen LogP contribution < -0.4 is 11.1 Å². The fourth-order valence-corrected chi connectivity index (χ4v) is 3.18. The highest BCUT2D eigenvalue weighted by Gasteiger charge is 2.39. The maximum Gasteiger partial charge on any atom is 0.311 e.